The third-order valence-electron chi connectivity index (χ3n) is 11.4. The normalized spacial score (nSPS) is 20.7. The number of fused-ring (bicyclic) bond motifs is 4. The number of amides is 2. The first-order valence-electron chi connectivity index (χ1n) is 19.4. The van der Waals surface area contributed by atoms with Gasteiger partial charge in [-0.2, -0.15) is 0 Å². The topological polar surface area (TPSA) is 123 Å². The molecule has 4 unspecified atom stereocenters. The van der Waals surface area contributed by atoms with E-state index >= 15 is 0 Å². The van der Waals surface area contributed by atoms with E-state index in [1.807, 2.05) is 77.8 Å². The summed E-state index contributed by atoms with van der Waals surface area (Å²) in [6.07, 6.45) is 5.98. The Bertz CT molecular complexity index is 2080. The van der Waals surface area contributed by atoms with Gasteiger partial charge in [-0.05, 0) is 85.4 Å². The fourth-order valence-electron chi connectivity index (χ4n) is 8.22. The van der Waals surface area contributed by atoms with Gasteiger partial charge < -0.3 is 49.4 Å². The third kappa shape index (κ3) is 7.16. The minimum absolute atomic E-state index is 0.0102. The molecule has 0 fully saturated rings. The summed E-state index contributed by atoms with van der Waals surface area (Å²) in [6, 6.07) is 23.3. The van der Waals surface area contributed by atoms with Crippen LogP contribution >= 0.6 is 0 Å². The average molecular weight is 772 g/mol. The lowest BCUT2D eigenvalue weighted by Gasteiger charge is -2.26. The molecular formula is C45H49N5O7. The third-order valence-corrected chi connectivity index (χ3v) is 11.4. The van der Waals surface area contributed by atoms with Gasteiger partial charge in [0.05, 0.1) is 69.1 Å². The zero-order valence-corrected chi connectivity index (χ0v) is 33.2. The van der Waals surface area contributed by atoms with Gasteiger partial charge in [0, 0.05) is 55.8 Å². The molecule has 4 aliphatic rings. The minimum atomic E-state index is -0.0916. The van der Waals surface area contributed by atoms with E-state index in [1.54, 1.807) is 33.5 Å². The van der Waals surface area contributed by atoms with Crippen molar-refractivity contribution in [2.75, 3.05) is 57.5 Å². The number of carbonyl (C=O) groups excluding carboxylic acids is 2. The molecule has 3 N–H and O–H groups in total. The van der Waals surface area contributed by atoms with Gasteiger partial charge in [0.25, 0.3) is 11.8 Å². The number of hydrogen-bond acceptors (Lipinski definition) is 10. The van der Waals surface area contributed by atoms with E-state index in [2.05, 4.69) is 41.9 Å². The smallest absolute Gasteiger partial charge is 0.260 e. The summed E-state index contributed by atoms with van der Waals surface area (Å²) >= 11 is 0. The fraction of sp³-hybridized carbons (Fsp3) is 0.333. The number of nitrogens with zero attached hydrogens (tertiary/aromatic N) is 2. The maximum Gasteiger partial charge on any atom is 0.260 e. The van der Waals surface area contributed by atoms with Crippen LogP contribution in [0.5, 0.6) is 28.7 Å². The lowest BCUT2D eigenvalue weighted by atomic mass is 9.99. The van der Waals surface area contributed by atoms with Gasteiger partial charge in [0.15, 0.2) is 23.0 Å². The average Bonchev–Trinajstić information content (AvgIpc) is 3.86. The zero-order valence-electron chi connectivity index (χ0n) is 33.2. The molecule has 0 bridgehead atoms. The van der Waals surface area contributed by atoms with Crippen molar-refractivity contribution in [3.05, 3.63) is 107 Å². The highest BCUT2D eigenvalue weighted by Crippen LogP contribution is 2.43. The molecular weight excluding hydrogens is 723 g/mol. The van der Waals surface area contributed by atoms with Gasteiger partial charge in [0.2, 0.25) is 0 Å². The molecule has 0 aliphatic carbocycles. The predicted octanol–water partition coefficient (Wildman–Crippen LogP) is 7.74. The van der Waals surface area contributed by atoms with Crippen molar-refractivity contribution in [3.63, 3.8) is 0 Å². The van der Waals surface area contributed by atoms with Crippen molar-refractivity contribution in [2.24, 2.45) is 0 Å². The van der Waals surface area contributed by atoms with Crippen LogP contribution in [0.25, 0.3) is 11.1 Å². The Morgan fingerprint density at radius 3 is 1.51 bits per heavy atom. The van der Waals surface area contributed by atoms with Crippen molar-refractivity contribution in [3.8, 4) is 28.7 Å². The SMILES string of the molecule is CNc1ccc(C2=CN3C(=O)c4cc(OC)c(OCCCOc5cc6c(cc5OC)C(=O)N5C=C(c7ccc(OC)cc7)CC5C(C)N6)cc4NC(C)C3C2)cc1. The van der Waals surface area contributed by atoms with Gasteiger partial charge in [-0.1, -0.05) is 24.3 Å². The summed E-state index contributed by atoms with van der Waals surface area (Å²) in [6.45, 7) is 4.88. The number of methoxy groups -OCH3 is 3. The molecule has 4 aromatic carbocycles. The molecule has 12 nitrogen and oxygen atoms in total. The first-order valence-corrected chi connectivity index (χ1v) is 19.4. The van der Waals surface area contributed by atoms with Crippen molar-refractivity contribution in [2.45, 2.75) is 57.3 Å². The molecule has 8 rings (SSSR count). The maximum atomic E-state index is 14.0. The van der Waals surface area contributed by atoms with Crippen LogP contribution in [0.1, 0.15) is 65.0 Å². The van der Waals surface area contributed by atoms with Crippen LogP contribution in [0.2, 0.25) is 0 Å². The molecule has 296 valence electrons. The Morgan fingerprint density at radius 1 is 0.632 bits per heavy atom. The Balaban J connectivity index is 0.920. The zero-order chi connectivity index (χ0) is 39.8. The molecule has 57 heavy (non-hydrogen) atoms. The standard InChI is InChI=1S/C45H49N5O7/c1-26-38-18-30(28-8-12-32(46-3)13-9-28)24-49(38)44(51)34-20-40(54-5)42(22-36(34)47-26)56-16-7-17-57-43-23-37-35(21-41(43)55-6)45(52)50-25-31(19-39(50)27(2)48-37)29-10-14-33(53-4)15-11-29/h8-15,20-27,38-39,46-48H,7,16-19H2,1-6H3. The lowest BCUT2D eigenvalue weighted by Crippen LogP contribution is -2.40. The van der Waals surface area contributed by atoms with E-state index < -0.39 is 0 Å². The second-order valence-electron chi connectivity index (χ2n) is 14.8. The van der Waals surface area contributed by atoms with Gasteiger partial charge in [-0.15, -0.1) is 0 Å². The number of nitrogens with one attached hydrogen (secondary N) is 3. The minimum Gasteiger partial charge on any atom is -0.497 e. The number of anilines is 3. The van der Waals surface area contributed by atoms with Gasteiger partial charge in [-0.25, -0.2) is 0 Å². The highest BCUT2D eigenvalue weighted by Gasteiger charge is 2.40. The van der Waals surface area contributed by atoms with E-state index in [0.717, 1.165) is 46.6 Å². The first-order chi connectivity index (χ1) is 27.7. The van der Waals surface area contributed by atoms with Crippen LogP contribution in [-0.4, -0.2) is 87.4 Å². The summed E-state index contributed by atoms with van der Waals surface area (Å²) in [7, 11) is 6.69. The highest BCUT2D eigenvalue weighted by atomic mass is 16.5. The van der Waals surface area contributed by atoms with E-state index in [0.29, 0.717) is 65.1 Å². The number of ether oxygens (including phenoxy) is 5. The monoisotopic (exact) mass is 771 g/mol. The Hall–Kier alpha value is -6.30. The predicted molar refractivity (Wildman–Crippen MR) is 222 cm³/mol. The summed E-state index contributed by atoms with van der Waals surface area (Å²) in [5.41, 5.74) is 7.91. The molecule has 12 heteroatoms. The van der Waals surface area contributed by atoms with Crippen LogP contribution < -0.4 is 39.6 Å². The number of rotatable bonds is 12. The Morgan fingerprint density at radius 2 is 1.09 bits per heavy atom. The molecule has 2 amide bonds. The van der Waals surface area contributed by atoms with E-state index in [4.69, 9.17) is 23.7 Å². The Labute approximate surface area is 333 Å². The molecule has 4 heterocycles. The number of benzene rings is 4. The lowest BCUT2D eigenvalue weighted by molar-refractivity contribution is 0.0775. The molecule has 0 saturated carbocycles. The molecule has 0 aromatic heterocycles. The molecule has 4 aromatic rings. The van der Waals surface area contributed by atoms with Crippen LogP contribution in [0.15, 0.2) is 85.2 Å². The molecule has 0 spiro atoms. The van der Waals surface area contributed by atoms with Crippen LogP contribution in [0.3, 0.4) is 0 Å². The summed E-state index contributed by atoms with van der Waals surface area (Å²) in [5, 5.41) is 10.3. The van der Waals surface area contributed by atoms with Gasteiger partial charge in [-0.3, -0.25) is 9.59 Å². The largest absolute Gasteiger partial charge is 0.497 e. The van der Waals surface area contributed by atoms with Crippen molar-refractivity contribution >= 4 is 40.0 Å². The van der Waals surface area contributed by atoms with Crippen LogP contribution in [0.4, 0.5) is 17.1 Å². The van der Waals surface area contributed by atoms with E-state index in [9.17, 15) is 9.59 Å². The maximum absolute atomic E-state index is 14.0. The molecule has 4 aliphatic heterocycles. The van der Waals surface area contributed by atoms with Crippen molar-refractivity contribution < 1.29 is 33.3 Å². The van der Waals surface area contributed by atoms with Gasteiger partial charge >= 0.3 is 0 Å². The van der Waals surface area contributed by atoms with Crippen molar-refractivity contribution in [1.82, 2.24) is 9.80 Å². The van der Waals surface area contributed by atoms with Gasteiger partial charge in [0.1, 0.15) is 5.75 Å². The summed E-state index contributed by atoms with van der Waals surface area (Å²) in [4.78, 5) is 31.6. The summed E-state index contributed by atoms with van der Waals surface area (Å²) < 4.78 is 29.2. The molecule has 0 radical (unpaired) electrons. The molecule has 0 saturated heterocycles. The number of hydrogen-bond donors (Lipinski definition) is 3. The second-order valence-corrected chi connectivity index (χ2v) is 14.8. The van der Waals surface area contributed by atoms with Crippen LogP contribution in [0, 0.1) is 0 Å². The van der Waals surface area contributed by atoms with E-state index in [1.165, 1.54) is 0 Å². The summed E-state index contributed by atoms with van der Waals surface area (Å²) in [5.74, 6) is 2.64. The highest BCUT2D eigenvalue weighted by molar-refractivity contribution is 6.04. The fourth-order valence-corrected chi connectivity index (χ4v) is 8.22. The van der Waals surface area contributed by atoms with E-state index in [-0.39, 0.29) is 36.0 Å². The quantitative estimate of drug-likeness (QED) is 0.123. The molecule has 4 atom stereocenters. The second kappa shape index (κ2) is 15.7. The van der Waals surface area contributed by atoms with Crippen molar-refractivity contribution in [1.29, 1.82) is 0 Å². The Kier molecular flexibility index (Phi) is 10.3. The first kappa shape index (κ1) is 37.6. The number of carbonyl (C=O) groups is 2. The van der Waals surface area contributed by atoms with Crippen LogP contribution in [-0.2, 0) is 0 Å².